The van der Waals surface area contributed by atoms with Gasteiger partial charge in [-0.15, -0.1) is 0 Å². The molecule has 25 heavy (non-hydrogen) atoms. The highest BCUT2D eigenvalue weighted by atomic mass is 19.1. The molecule has 4 rings (SSSR count). The molecule has 1 unspecified atom stereocenters. The fourth-order valence-corrected chi connectivity index (χ4v) is 3.19. The highest BCUT2D eigenvalue weighted by Gasteiger charge is 2.35. The van der Waals surface area contributed by atoms with E-state index in [1.165, 1.54) is 18.5 Å². The third-order valence-electron chi connectivity index (χ3n) is 4.57. The van der Waals surface area contributed by atoms with E-state index in [9.17, 15) is 14.0 Å². The lowest BCUT2D eigenvalue weighted by Gasteiger charge is -2.17. The molecular weight excluding hydrogens is 325 g/mol. The monoisotopic (exact) mass is 343 g/mol. The van der Waals surface area contributed by atoms with Gasteiger partial charge in [0.05, 0.1) is 6.04 Å². The van der Waals surface area contributed by atoms with Gasteiger partial charge in [-0.2, -0.15) is 0 Å². The lowest BCUT2D eigenvalue weighted by atomic mass is 10.2. The van der Waals surface area contributed by atoms with Crippen molar-refractivity contribution in [3.63, 3.8) is 0 Å². The zero-order chi connectivity index (χ0) is 17.4. The molecule has 1 N–H and O–H groups in total. The van der Waals surface area contributed by atoms with Gasteiger partial charge in [0.25, 0.3) is 5.91 Å². The Morgan fingerprint density at radius 1 is 1.40 bits per heavy atom. The number of amides is 2. The molecule has 1 saturated heterocycles. The van der Waals surface area contributed by atoms with Crippen LogP contribution in [0.3, 0.4) is 0 Å². The molecule has 2 aromatic rings. The number of oxazole rings is 1. The van der Waals surface area contributed by atoms with E-state index < -0.39 is 0 Å². The summed E-state index contributed by atoms with van der Waals surface area (Å²) in [6, 6.07) is 5.90. The fraction of sp³-hybridized carbons (Fsp3) is 0.389. The first-order valence-electron chi connectivity index (χ1n) is 8.36. The van der Waals surface area contributed by atoms with Crippen LogP contribution in [0, 0.1) is 5.82 Å². The first-order valence-corrected chi connectivity index (χ1v) is 8.36. The van der Waals surface area contributed by atoms with E-state index in [1.54, 1.807) is 17.0 Å². The predicted octanol–water partition coefficient (Wildman–Crippen LogP) is 2.22. The number of carbonyl (C=O) groups is 2. The highest BCUT2D eigenvalue weighted by molar-refractivity contribution is 5.94. The number of likely N-dealkylation sites (tertiary alicyclic amines) is 1. The zero-order valence-corrected chi connectivity index (χ0v) is 13.6. The van der Waals surface area contributed by atoms with E-state index in [-0.39, 0.29) is 36.0 Å². The molecule has 1 aromatic heterocycles. The number of nitrogens with zero attached hydrogens (tertiary/aromatic N) is 2. The number of hydrogen-bond acceptors (Lipinski definition) is 4. The molecule has 1 aliphatic carbocycles. The van der Waals surface area contributed by atoms with Crippen molar-refractivity contribution in [2.24, 2.45) is 0 Å². The van der Waals surface area contributed by atoms with Gasteiger partial charge in [-0.05, 0) is 30.5 Å². The Hall–Kier alpha value is -2.70. The van der Waals surface area contributed by atoms with Crippen LogP contribution >= 0.6 is 0 Å². The molecule has 2 amide bonds. The standard InChI is InChI=1S/C18H18FN3O3/c19-13-3-1-2-11(6-13)8-22-9-14(7-15(22)23)21-18(24)16-17(12-4-5-12)25-10-20-16/h1-3,6,10,12,14H,4-5,7-9H2,(H,21,24). The fourth-order valence-electron chi connectivity index (χ4n) is 3.19. The first-order chi connectivity index (χ1) is 12.1. The minimum absolute atomic E-state index is 0.0582. The number of halogens is 1. The molecule has 1 saturated carbocycles. The number of carbonyl (C=O) groups excluding carboxylic acids is 2. The normalized spacial score (nSPS) is 20.1. The van der Waals surface area contributed by atoms with Gasteiger partial charge in [-0.1, -0.05) is 12.1 Å². The van der Waals surface area contributed by atoms with Crippen LogP contribution < -0.4 is 5.32 Å². The maximum Gasteiger partial charge on any atom is 0.273 e. The molecule has 2 heterocycles. The second-order valence-corrected chi connectivity index (χ2v) is 6.62. The van der Waals surface area contributed by atoms with Gasteiger partial charge in [0.2, 0.25) is 5.91 Å². The molecule has 2 fully saturated rings. The largest absolute Gasteiger partial charge is 0.447 e. The molecule has 1 aliphatic heterocycles. The maximum absolute atomic E-state index is 13.3. The van der Waals surface area contributed by atoms with E-state index in [2.05, 4.69) is 10.3 Å². The van der Waals surface area contributed by atoms with Crippen LogP contribution in [0.15, 0.2) is 35.1 Å². The van der Waals surface area contributed by atoms with Crippen molar-refractivity contribution in [3.8, 4) is 0 Å². The minimum Gasteiger partial charge on any atom is -0.447 e. The van der Waals surface area contributed by atoms with Gasteiger partial charge in [-0.3, -0.25) is 9.59 Å². The molecule has 2 aliphatic rings. The molecule has 1 atom stereocenters. The SMILES string of the molecule is O=C(NC1CC(=O)N(Cc2cccc(F)c2)C1)c1ncoc1C1CC1. The Morgan fingerprint density at radius 3 is 3.00 bits per heavy atom. The number of hydrogen-bond donors (Lipinski definition) is 1. The molecule has 6 nitrogen and oxygen atoms in total. The van der Waals surface area contributed by atoms with Crippen molar-refractivity contribution >= 4 is 11.8 Å². The average Bonchev–Trinajstić information content (AvgIpc) is 3.20. The third-order valence-corrected chi connectivity index (χ3v) is 4.57. The number of benzene rings is 1. The molecule has 0 bridgehead atoms. The number of rotatable bonds is 5. The van der Waals surface area contributed by atoms with Crippen LogP contribution in [-0.2, 0) is 11.3 Å². The topological polar surface area (TPSA) is 75.4 Å². The van der Waals surface area contributed by atoms with Crippen molar-refractivity contribution in [3.05, 3.63) is 53.5 Å². The first kappa shape index (κ1) is 15.8. The lowest BCUT2D eigenvalue weighted by molar-refractivity contribution is -0.128. The van der Waals surface area contributed by atoms with Gasteiger partial charge in [0.15, 0.2) is 12.1 Å². The molecular formula is C18H18FN3O3. The minimum atomic E-state index is -0.326. The summed E-state index contributed by atoms with van der Waals surface area (Å²) in [6.07, 6.45) is 3.55. The summed E-state index contributed by atoms with van der Waals surface area (Å²) in [5.74, 6) is 0.238. The molecule has 130 valence electrons. The van der Waals surface area contributed by atoms with Crippen molar-refractivity contribution in [1.29, 1.82) is 0 Å². The second-order valence-electron chi connectivity index (χ2n) is 6.62. The highest BCUT2D eigenvalue weighted by Crippen LogP contribution is 2.41. The average molecular weight is 343 g/mol. The third kappa shape index (κ3) is 3.40. The van der Waals surface area contributed by atoms with Gasteiger partial charge in [-0.25, -0.2) is 9.37 Å². The zero-order valence-electron chi connectivity index (χ0n) is 13.6. The van der Waals surface area contributed by atoms with Crippen LogP contribution in [0.25, 0.3) is 0 Å². The van der Waals surface area contributed by atoms with Crippen molar-refractivity contribution in [2.75, 3.05) is 6.54 Å². The Morgan fingerprint density at radius 2 is 2.24 bits per heavy atom. The quantitative estimate of drug-likeness (QED) is 0.903. The summed E-state index contributed by atoms with van der Waals surface area (Å²) in [4.78, 5) is 30.2. The summed E-state index contributed by atoms with van der Waals surface area (Å²) in [5, 5.41) is 2.86. The number of nitrogens with one attached hydrogen (secondary N) is 1. The van der Waals surface area contributed by atoms with Crippen molar-refractivity contribution in [2.45, 2.75) is 37.8 Å². The van der Waals surface area contributed by atoms with E-state index >= 15 is 0 Å². The van der Waals surface area contributed by atoms with Crippen molar-refractivity contribution in [1.82, 2.24) is 15.2 Å². The number of aromatic nitrogens is 1. The van der Waals surface area contributed by atoms with Gasteiger partial charge < -0.3 is 14.6 Å². The summed E-state index contributed by atoms with van der Waals surface area (Å²) in [6.45, 7) is 0.734. The Kier molecular flexibility index (Phi) is 3.99. The Balaban J connectivity index is 1.38. The molecule has 0 spiro atoms. The summed E-state index contributed by atoms with van der Waals surface area (Å²) < 4.78 is 18.6. The van der Waals surface area contributed by atoms with Gasteiger partial charge >= 0.3 is 0 Å². The van der Waals surface area contributed by atoms with Crippen molar-refractivity contribution < 1.29 is 18.4 Å². The van der Waals surface area contributed by atoms with E-state index in [4.69, 9.17) is 4.42 Å². The predicted molar refractivity (Wildman–Crippen MR) is 86.2 cm³/mol. The van der Waals surface area contributed by atoms with E-state index in [0.717, 1.165) is 18.4 Å². The smallest absolute Gasteiger partial charge is 0.273 e. The Labute approximate surface area is 144 Å². The van der Waals surface area contributed by atoms with Gasteiger partial charge in [0.1, 0.15) is 11.6 Å². The molecule has 7 heteroatoms. The van der Waals surface area contributed by atoms with E-state index in [1.807, 2.05) is 0 Å². The summed E-state index contributed by atoms with van der Waals surface area (Å²) in [7, 11) is 0. The van der Waals surface area contributed by atoms with Crippen LogP contribution in [0.4, 0.5) is 4.39 Å². The van der Waals surface area contributed by atoms with Crippen LogP contribution in [0.2, 0.25) is 0 Å². The maximum atomic E-state index is 13.3. The van der Waals surface area contributed by atoms with Gasteiger partial charge in [0, 0.05) is 25.4 Å². The van der Waals surface area contributed by atoms with Crippen LogP contribution in [0.1, 0.15) is 47.0 Å². The summed E-state index contributed by atoms with van der Waals surface area (Å²) >= 11 is 0. The van der Waals surface area contributed by atoms with E-state index in [0.29, 0.717) is 24.5 Å². The van der Waals surface area contributed by atoms with Crippen LogP contribution in [0.5, 0.6) is 0 Å². The molecule has 1 aromatic carbocycles. The Bertz CT molecular complexity index is 815. The summed E-state index contributed by atoms with van der Waals surface area (Å²) in [5.41, 5.74) is 1.05. The lowest BCUT2D eigenvalue weighted by Crippen LogP contribution is -2.37. The molecule has 0 radical (unpaired) electrons. The van der Waals surface area contributed by atoms with Crippen LogP contribution in [-0.4, -0.2) is 34.3 Å². The second kappa shape index (κ2) is 6.31.